The molecule has 1 aliphatic heterocycles. The topological polar surface area (TPSA) is 74.0 Å². The molecule has 2 heterocycles. The van der Waals surface area contributed by atoms with Gasteiger partial charge < -0.3 is 9.88 Å². The predicted octanol–water partition coefficient (Wildman–Crippen LogP) is 0.735. The van der Waals surface area contributed by atoms with Crippen LogP contribution in [0.2, 0.25) is 0 Å². The average Bonchev–Trinajstić information content (AvgIpc) is 2.95. The first-order valence-corrected chi connectivity index (χ1v) is 7.22. The molecule has 112 valence electrons. The molecule has 1 saturated heterocycles. The van der Waals surface area contributed by atoms with E-state index in [1.165, 1.54) is 0 Å². The number of imidazole rings is 1. The summed E-state index contributed by atoms with van der Waals surface area (Å²) in [4.78, 5) is 17.9. The van der Waals surface area contributed by atoms with Crippen LogP contribution < -0.4 is 5.32 Å². The average molecular weight is 295 g/mol. The SMILES string of the molecule is N#Cc1ccc(Cn2cnc(CN3CCNC(=O)C3)c2)cc1. The number of rotatable bonds is 4. The Labute approximate surface area is 129 Å². The molecule has 0 radical (unpaired) electrons. The summed E-state index contributed by atoms with van der Waals surface area (Å²) in [6.45, 7) is 3.40. The second kappa shape index (κ2) is 6.41. The lowest BCUT2D eigenvalue weighted by Crippen LogP contribution is -2.47. The molecule has 1 aromatic heterocycles. The highest BCUT2D eigenvalue weighted by Gasteiger charge is 2.16. The van der Waals surface area contributed by atoms with E-state index in [9.17, 15) is 4.79 Å². The molecule has 0 aliphatic carbocycles. The highest BCUT2D eigenvalue weighted by Crippen LogP contribution is 2.08. The molecule has 2 aromatic rings. The van der Waals surface area contributed by atoms with E-state index >= 15 is 0 Å². The summed E-state index contributed by atoms with van der Waals surface area (Å²) in [5.74, 6) is 0.0725. The van der Waals surface area contributed by atoms with Crippen LogP contribution in [0.25, 0.3) is 0 Å². The van der Waals surface area contributed by atoms with Crippen LogP contribution in [-0.2, 0) is 17.9 Å². The quantitative estimate of drug-likeness (QED) is 0.902. The van der Waals surface area contributed by atoms with E-state index in [-0.39, 0.29) is 5.91 Å². The number of hydrogen-bond acceptors (Lipinski definition) is 4. The molecule has 0 saturated carbocycles. The highest BCUT2D eigenvalue weighted by molar-refractivity contribution is 5.78. The smallest absolute Gasteiger partial charge is 0.234 e. The number of amides is 1. The van der Waals surface area contributed by atoms with Gasteiger partial charge in [-0.1, -0.05) is 12.1 Å². The summed E-state index contributed by atoms with van der Waals surface area (Å²) < 4.78 is 2.01. The molecule has 0 atom stereocenters. The maximum Gasteiger partial charge on any atom is 0.234 e. The maximum atomic E-state index is 11.4. The van der Waals surface area contributed by atoms with E-state index in [0.29, 0.717) is 25.2 Å². The van der Waals surface area contributed by atoms with Crippen molar-refractivity contribution in [1.82, 2.24) is 19.8 Å². The van der Waals surface area contributed by atoms with Gasteiger partial charge in [0, 0.05) is 32.4 Å². The third kappa shape index (κ3) is 3.51. The number of nitriles is 1. The fraction of sp³-hybridized carbons (Fsp3) is 0.312. The van der Waals surface area contributed by atoms with Crippen molar-refractivity contribution in [2.24, 2.45) is 0 Å². The summed E-state index contributed by atoms with van der Waals surface area (Å²) in [7, 11) is 0. The zero-order valence-corrected chi connectivity index (χ0v) is 12.2. The lowest BCUT2D eigenvalue weighted by Gasteiger charge is -2.25. The molecule has 0 unspecified atom stereocenters. The third-order valence-corrected chi connectivity index (χ3v) is 3.64. The number of benzene rings is 1. The van der Waals surface area contributed by atoms with Crippen LogP contribution in [0.1, 0.15) is 16.8 Å². The Morgan fingerprint density at radius 1 is 1.27 bits per heavy atom. The van der Waals surface area contributed by atoms with Gasteiger partial charge in [0.1, 0.15) is 0 Å². The standard InChI is InChI=1S/C16H17N5O/c17-7-13-1-3-14(4-2-13)8-21-10-15(19-12-21)9-20-6-5-18-16(22)11-20/h1-4,10,12H,5-6,8-9,11H2,(H,18,22). The fourth-order valence-electron chi connectivity index (χ4n) is 2.53. The Morgan fingerprint density at radius 3 is 2.82 bits per heavy atom. The van der Waals surface area contributed by atoms with Gasteiger partial charge in [-0.15, -0.1) is 0 Å². The molecule has 0 spiro atoms. The molecule has 22 heavy (non-hydrogen) atoms. The van der Waals surface area contributed by atoms with Crippen molar-refractivity contribution < 1.29 is 4.79 Å². The lowest BCUT2D eigenvalue weighted by atomic mass is 10.1. The van der Waals surface area contributed by atoms with Gasteiger partial charge in [-0.2, -0.15) is 5.26 Å². The molecular formula is C16H17N5O. The Kier molecular flexibility index (Phi) is 4.17. The van der Waals surface area contributed by atoms with Crippen molar-refractivity contribution in [2.75, 3.05) is 19.6 Å². The molecule has 1 aromatic carbocycles. The van der Waals surface area contributed by atoms with E-state index in [1.54, 1.807) is 6.33 Å². The van der Waals surface area contributed by atoms with Gasteiger partial charge in [-0.25, -0.2) is 4.98 Å². The van der Waals surface area contributed by atoms with Gasteiger partial charge in [0.05, 0.1) is 30.2 Å². The fourth-order valence-corrected chi connectivity index (χ4v) is 2.53. The first-order valence-electron chi connectivity index (χ1n) is 7.22. The maximum absolute atomic E-state index is 11.4. The summed E-state index contributed by atoms with van der Waals surface area (Å²) in [5, 5.41) is 11.6. The van der Waals surface area contributed by atoms with Gasteiger partial charge in [0.15, 0.2) is 0 Å². The molecular weight excluding hydrogens is 278 g/mol. The minimum atomic E-state index is 0.0725. The first kappa shape index (κ1) is 14.3. The minimum Gasteiger partial charge on any atom is -0.354 e. The molecule has 1 N–H and O–H groups in total. The predicted molar refractivity (Wildman–Crippen MR) is 80.8 cm³/mol. The largest absolute Gasteiger partial charge is 0.354 e. The summed E-state index contributed by atoms with van der Waals surface area (Å²) in [5.41, 5.74) is 2.75. The highest BCUT2D eigenvalue weighted by atomic mass is 16.2. The zero-order valence-electron chi connectivity index (χ0n) is 12.2. The van der Waals surface area contributed by atoms with E-state index in [2.05, 4.69) is 21.3 Å². The number of carbonyl (C=O) groups is 1. The lowest BCUT2D eigenvalue weighted by molar-refractivity contribution is -0.124. The van der Waals surface area contributed by atoms with Crippen molar-refractivity contribution in [3.8, 4) is 6.07 Å². The molecule has 0 bridgehead atoms. The van der Waals surface area contributed by atoms with Gasteiger partial charge >= 0.3 is 0 Å². The van der Waals surface area contributed by atoms with E-state index in [4.69, 9.17) is 5.26 Å². The van der Waals surface area contributed by atoms with Crippen LogP contribution in [0, 0.1) is 11.3 Å². The third-order valence-electron chi connectivity index (χ3n) is 3.64. The van der Waals surface area contributed by atoms with Crippen LogP contribution in [0.4, 0.5) is 0 Å². The Balaban J connectivity index is 1.60. The van der Waals surface area contributed by atoms with E-state index in [0.717, 1.165) is 24.3 Å². The number of hydrogen-bond donors (Lipinski definition) is 1. The molecule has 6 nitrogen and oxygen atoms in total. The second-order valence-electron chi connectivity index (χ2n) is 5.41. The molecule has 6 heteroatoms. The number of nitrogens with one attached hydrogen (secondary N) is 1. The van der Waals surface area contributed by atoms with Crippen LogP contribution in [0.15, 0.2) is 36.8 Å². The number of carbonyl (C=O) groups excluding carboxylic acids is 1. The van der Waals surface area contributed by atoms with Crippen LogP contribution >= 0.6 is 0 Å². The molecule has 3 rings (SSSR count). The molecule has 1 fully saturated rings. The minimum absolute atomic E-state index is 0.0725. The Hall–Kier alpha value is -2.65. The van der Waals surface area contributed by atoms with Crippen LogP contribution in [-0.4, -0.2) is 40.0 Å². The Morgan fingerprint density at radius 2 is 2.09 bits per heavy atom. The van der Waals surface area contributed by atoms with Crippen molar-refractivity contribution in [3.05, 3.63) is 53.6 Å². The van der Waals surface area contributed by atoms with Crippen molar-refractivity contribution in [2.45, 2.75) is 13.1 Å². The van der Waals surface area contributed by atoms with Gasteiger partial charge in [-0.05, 0) is 17.7 Å². The van der Waals surface area contributed by atoms with Crippen molar-refractivity contribution in [3.63, 3.8) is 0 Å². The van der Waals surface area contributed by atoms with Gasteiger partial charge in [-0.3, -0.25) is 9.69 Å². The number of nitrogens with zero attached hydrogens (tertiary/aromatic N) is 4. The molecule has 1 aliphatic rings. The number of piperazine rings is 1. The van der Waals surface area contributed by atoms with Crippen LogP contribution in [0.3, 0.4) is 0 Å². The van der Waals surface area contributed by atoms with E-state index in [1.807, 2.05) is 35.0 Å². The van der Waals surface area contributed by atoms with Gasteiger partial charge in [0.25, 0.3) is 0 Å². The zero-order chi connectivity index (χ0) is 15.4. The number of aromatic nitrogens is 2. The summed E-state index contributed by atoms with van der Waals surface area (Å²) >= 11 is 0. The first-order chi connectivity index (χ1) is 10.7. The Bertz CT molecular complexity index is 698. The van der Waals surface area contributed by atoms with Crippen molar-refractivity contribution in [1.29, 1.82) is 5.26 Å². The summed E-state index contributed by atoms with van der Waals surface area (Å²) in [6, 6.07) is 9.66. The summed E-state index contributed by atoms with van der Waals surface area (Å²) in [6.07, 6.45) is 3.81. The van der Waals surface area contributed by atoms with Crippen LogP contribution in [0.5, 0.6) is 0 Å². The normalized spacial score (nSPS) is 15.3. The second-order valence-corrected chi connectivity index (χ2v) is 5.41. The van der Waals surface area contributed by atoms with Crippen molar-refractivity contribution >= 4 is 5.91 Å². The van der Waals surface area contributed by atoms with E-state index < -0.39 is 0 Å². The molecule has 1 amide bonds. The monoisotopic (exact) mass is 295 g/mol. The van der Waals surface area contributed by atoms with Gasteiger partial charge in [0.2, 0.25) is 5.91 Å².